The van der Waals surface area contributed by atoms with Gasteiger partial charge < -0.3 is 5.32 Å². The predicted octanol–water partition coefficient (Wildman–Crippen LogP) is 5.36. The van der Waals surface area contributed by atoms with Gasteiger partial charge in [0.1, 0.15) is 0 Å². The predicted molar refractivity (Wildman–Crippen MR) is 117 cm³/mol. The molecule has 1 aliphatic rings. The number of fused-ring (bicyclic) bond motifs is 2. The van der Waals surface area contributed by atoms with E-state index >= 15 is 0 Å². The lowest BCUT2D eigenvalue weighted by Crippen LogP contribution is -2.15. The number of aliphatic imine (C=N–C) groups is 1. The maximum atomic E-state index is 12.8. The van der Waals surface area contributed by atoms with Crippen LogP contribution in [0.4, 0.5) is 11.4 Å². The standard InChI is InChI=1S/C25H19N3O/c29-25(28-19-9-2-1-3-10-19)22-11-6-12-24-23(22)15-21(27-24)14-20-13-17-7-4-5-8-18(17)16-26-20/h1-13,16H,14-15H2,(H,28,29). The highest BCUT2D eigenvalue weighted by Gasteiger charge is 2.22. The van der Waals surface area contributed by atoms with Crippen LogP contribution in [0.25, 0.3) is 10.8 Å². The van der Waals surface area contributed by atoms with Gasteiger partial charge in [0.15, 0.2) is 0 Å². The highest BCUT2D eigenvalue weighted by atomic mass is 16.1. The third kappa shape index (κ3) is 3.52. The van der Waals surface area contributed by atoms with Gasteiger partial charge in [-0.05, 0) is 41.3 Å². The Morgan fingerprint density at radius 3 is 2.55 bits per heavy atom. The molecule has 1 aromatic heterocycles. The van der Waals surface area contributed by atoms with E-state index in [0.717, 1.165) is 33.7 Å². The molecule has 1 amide bonds. The highest BCUT2D eigenvalue weighted by molar-refractivity contribution is 6.08. The van der Waals surface area contributed by atoms with Crippen molar-refractivity contribution in [2.24, 2.45) is 4.99 Å². The molecule has 0 atom stereocenters. The number of amides is 1. The molecule has 4 heteroatoms. The summed E-state index contributed by atoms with van der Waals surface area (Å²) in [6, 6.07) is 25.5. The van der Waals surface area contributed by atoms with E-state index in [1.54, 1.807) is 0 Å². The number of para-hydroxylation sites is 1. The number of hydrogen-bond acceptors (Lipinski definition) is 3. The fourth-order valence-corrected chi connectivity index (χ4v) is 3.75. The number of nitrogens with zero attached hydrogens (tertiary/aromatic N) is 2. The van der Waals surface area contributed by atoms with Crippen LogP contribution in [0.15, 0.2) is 90.1 Å². The quantitative estimate of drug-likeness (QED) is 0.521. The summed E-state index contributed by atoms with van der Waals surface area (Å²) in [5.41, 5.74) is 5.35. The van der Waals surface area contributed by atoms with Gasteiger partial charge in [-0.3, -0.25) is 14.8 Å². The van der Waals surface area contributed by atoms with E-state index in [9.17, 15) is 4.79 Å². The minimum absolute atomic E-state index is 0.103. The third-order valence-electron chi connectivity index (χ3n) is 5.16. The van der Waals surface area contributed by atoms with Crippen molar-refractivity contribution >= 4 is 33.8 Å². The van der Waals surface area contributed by atoms with E-state index in [4.69, 9.17) is 4.99 Å². The van der Waals surface area contributed by atoms with Gasteiger partial charge >= 0.3 is 0 Å². The number of hydrogen-bond donors (Lipinski definition) is 1. The van der Waals surface area contributed by atoms with Crippen molar-refractivity contribution in [1.29, 1.82) is 0 Å². The first-order valence-corrected chi connectivity index (χ1v) is 9.65. The maximum Gasteiger partial charge on any atom is 0.256 e. The molecule has 1 aliphatic heterocycles. The van der Waals surface area contributed by atoms with E-state index in [0.29, 0.717) is 18.4 Å². The van der Waals surface area contributed by atoms with Gasteiger partial charge in [0.2, 0.25) is 0 Å². The summed E-state index contributed by atoms with van der Waals surface area (Å²) in [6.07, 6.45) is 3.26. The number of anilines is 1. The lowest BCUT2D eigenvalue weighted by Gasteiger charge is -2.09. The Bertz CT molecular complexity index is 1250. The molecule has 3 aromatic carbocycles. The minimum Gasteiger partial charge on any atom is -0.322 e. The van der Waals surface area contributed by atoms with E-state index in [1.165, 1.54) is 5.39 Å². The fraction of sp³-hybridized carbons (Fsp3) is 0.0800. The van der Waals surface area contributed by atoms with E-state index in [-0.39, 0.29) is 5.91 Å². The minimum atomic E-state index is -0.103. The number of benzene rings is 3. The number of rotatable bonds is 4. The van der Waals surface area contributed by atoms with Gasteiger partial charge in [-0.2, -0.15) is 0 Å². The van der Waals surface area contributed by atoms with Crippen LogP contribution in [0.5, 0.6) is 0 Å². The number of carbonyl (C=O) groups is 1. The molecule has 1 N–H and O–H groups in total. The molecule has 140 valence electrons. The van der Waals surface area contributed by atoms with Crippen LogP contribution >= 0.6 is 0 Å². The summed E-state index contributed by atoms with van der Waals surface area (Å²) in [6.45, 7) is 0. The van der Waals surface area contributed by atoms with Gasteiger partial charge in [-0.1, -0.05) is 48.5 Å². The zero-order chi connectivity index (χ0) is 19.6. The topological polar surface area (TPSA) is 54.4 Å². The van der Waals surface area contributed by atoms with Crippen LogP contribution in [-0.4, -0.2) is 16.6 Å². The molecule has 0 saturated carbocycles. The monoisotopic (exact) mass is 377 g/mol. The first-order chi connectivity index (χ1) is 14.3. The number of aromatic nitrogens is 1. The summed E-state index contributed by atoms with van der Waals surface area (Å²) in [7, 11) is 0. The van der Waals surface area contributed by atoms with Crippen LogP contribution < -0.4 is 5.32 Å². The molecule has 2 heterocycles. The second-order valence-electron chi connectivity index (χ2n) is 7.18. The molecular formula is C25H19N3O. The van der Waals surface area contributed by atoms with Gasteiger partial charge in [0, 0.05) is 47.1 Å². The summed E-state index contributed by atoms with van der Waals surface area (Å²) in [4.78, 5) is 22.2. The number of nitrogens with one attached hydrogen (secondary N) is 1. The number of pyridine rings is 1. The second-order valence-corrected chi connectivity index (χ2v) is 7.18. The molecule has 5 rings (SSSR count). The van der Waals surface area contributed by atoms with Crippen molar-refractivity contribution in [2.45, 2.75) is 12.8 Å². The highest BCUT2D eigenvalue weighted by Crippen LogP contribution is 2.31. The van der Waals surface area contributed by atoms with Crippen molar-refractivity contribution < 1.29 is 4.79 Å². The Hall–Kier alpha value is -3.79. The summed E-state index contributed by atoms with van der Waals surface area (Å²) in [5.74, 6) is -0.103. The number of carbonyl (C=O) groups excluding carboxylic acids is 1. The maximum absolute atomic E-state index is 12.8. The lowest BCUT2D eigenvalue weighted by molar-refractivity contribution is 0.102. The second kappa shape index (κ2) is 7.32. The third-order valence-corrected chi connectivity index (χ3v) is 5.16. The molecule has 0 aliphatic carbocycles. The molecule has 0 fully saturated rings. The summed E-state index contributed by atoms with van der Waals surface area (Å²) < 4.78 is 0. The average Bonchev–Trinajstić information content (AvgIpc) is 3.16. The van der Waals surface area contributed by atoms with Crippen LogP contribution in [0, 0.1) is 0 Å². The first kappa shape index (κ1) is 17.3. The van der Waals surface area contributed by atoms with Crippen molar-refractivity contribution in [2.75, 3.05) is 5.32 Å². The normalized spacial score (nSPS) is 12.5. The van der Waals surface area contributed by atoms with E-state index < -0.39 is 0 Å². The molecule has 4 nitrogen and oxygen atoms in total. The van der Waals surface area contributed by atoms with Crippen LogP contribution in [0.2, 0.25) is 0 Å². The van der Waals surface area contributed by atoms with E-state index in [1.807, 2.05) is 66.9 Å². The first-order valence-electron chi connectivity index (χ1n) is 9.65. The zero-order valence-electron chi connectivity index (χ0n) is 15.8. The lowest BCUT2D eigenvalue weighted by atomic mass is 10.00. The van der Waals surface area contributed by atoms with Crippen molar-refractivity contribution in [3.8, 4) is 0 Å². The van der Waals surface area contributed by atoms with Crippen LogP contribution in [0.3, 0.4) is 0 Å². The fourth-order valence-electron chi connectivity index (χ4n) is 3.75. The van der Waals surface area contributed by atoms with Gasteiger partial charge in [0.05, 0.1) is 5.69 Å². The van der Waals surface area contributed by atoms with Crippen molar-refractivity contribution in [1.82, 2.24) is 4.98 Å². The molecule has 0 unspecified atom stereocenters. The zero-order valence-corrected chi connectivity index (χ0v) is 15.8. The van der Waals surface area contributed by atoms with Gasteiger partial charge in [0.25, 0.3) is 5.91 Å². The SMILES string of the molecule is O=C(Nc1ccccc1)c1cccc2c1CC(Cc1cc3ccccc3cn1)=N2. The summed E-state index contributed by atoms with van der Waals surface area (Å²) in [5, 5.41) is 5.28. The van der Waals surface area contributed by atoms with Crippen LogP contribution in [-0.2, 0) is 12.8 Å². The van der Waals surface area contributed by atoms with Gasteiger partial charge in [-0.25, -0.2) is 0 Å². The molecule has 0 spiro atoms. The van der Waals surface area contributed by atoms with E-state index in [2.05, 4.69) is 28.5 Å². The summed E-state index contributed by atoms with van der Waals surface area (Å²) >= 11 is 0. The molecule has 29 heavy (non-hydrogen) atoms. The molecule has 0 bridgehead atoms. The molecule has 4 aromatic rings. The molecular weight excluding hydrogens is 358 g/mol. The average molecular weight is 377 g/mol. The Morgan fingerprint density at radius 2 is 1.69 bits per heavy atom. The molecule has 0 radical (unpaired) electrons. The van der Waals surface area contributed by atoms with Crippen LogP contribution in [0.1, 0.15) is 21.6 Å². The Kier molecular flexibility index (Phi) is 4.37. The Morgan fingerprint density at radius 1 is 0.897 bits per heavy atom. The largest absolute Gasteiger partial charge is 0.322 e. The Labute approximate surface area is 169 Å². The molecule has 0 saturated heterocycles. The van der Waals surface area contributed by atoms with Crippen molar-refractivity contribution in [3.05, 3.63) is 102 Å². The van der Waals surface area contributed by atoms with Crippen molar-refractivity contribution in [3.63, 3.8) is 0 Å². The smallest absolute Gasteiger partial charge is 0.256 e. The Balaban J connectivity index is 1.36. The van der Waals surface area contributed by atoms with Gasteiger partial charge in [-0.15, -0.1) is 0 Å².